The lowest BCUT2D eigenvalue weighted by atomic mass is 9.92. The Labute approximate surface area is 122 Å². The molecular weight excluding hydrogens is 305 g/mol. The minimum atomic E-state index is -4.76. The molecule has 1 aliphatic rings. The van der Waals surface area contributed by atoms with Crippen molar-refractivity contribution in [3.63, 3.8) is 0 Å². The average Bonchev–Trinajstić information content (AvgIpc) is 2.43. The number of rotatable bonds is 2. The van der Waals surface area contributed by atoms with Gasteiger partial charge in [-0.2, -0.15) is 13.2 Å². The van der Waals surface area contributed by atoms with Crippen molar-refractivity contribution >= 4 is 17.2 Å². The molecule has 0 saturated carbocycles. The molecule has 0 aromatic heterocycles. The number of alkyl halides is 3. The van der Waals surface area contributed by atoms with Gasteiger partial charge in [-0.15, -0.1) is 0 Å². The minimum Gasteiger partial charge on any atom is -0.473 e. The van der Waals surface area contributed by atoms with Crippen LogP contribution in [0.2, 0.25) is 0 Å². The average molecular weight is 316 g/mol. The summed E-state index contributed by atoms with van der Waals surface area (Å²) < 4.78 is 44.4. The number of fused-ring (bicyclic) bond motifs is 1. The molecule has 0 spiro atoms. The van der Waals surface area contributed by atoms with Gasteiger partial charge in [-0.05, 0) is 19.1 Å². The summed E-state index contributed by atoms with van der Waals surface area (Å²) in [7, 11) is 1.25. The summed E-state index contributed by atoms with van der Waals surface area (Å²) in [4.78, 5) is 21.9. The van der Waals surface area contributed by atoms with Crippen molar-refractivity contribution in [3.8, 4) is 5.75 Å². The zero-order valence-electron chi connectivity index (χ0n) is 11.5. The summed E-state index contributed by atoms with van der Waals surface area (Å²) in [6.45, 7) is 0.778. The van der Waals surface area contributed by atoms with Crippen molar-refractivity contribution < 1.29 is 27.6 Å². The van der Waals surface area contributed by atoms with E-state index in [1.165, 1.54) is 7.05 Å². The van der Waals surface area contributed by atoms with Gasteiger partial charge in [0.05, 0.1) is 10.5 Å². The number of nitrogens with one attached hydrogen (secondary N) is 1. The molecular formula is C13H11F3N2O4. The lowest BCUT2D eigenvalue weighted by Crippen LogP contribution is -2.48. The number of ether oxygens (including phenoxy) is 1. The van der Waals surface area contributed by atoms with Gasteiger partial charge in [0.15, 0.2) is 0 Å². The second kappa shape index (κ2) is 5.00. The van der Waals surface area contributed by atoms with Crippen LogP contribution >= 0.6 is 0 Å². The zero-order chi connectivity index (χ0) is 16.7. The quantitative estimate of drug-likeness (QED) is 0.671. The molecule has 1 atom stereocenters. The number of nitro groups is 1. The van der Waals surface area contributed by atoms with Crippen LogP contribution in [0, 0.1) is 10.1 Å². The van der Waals surface area contributed by atoms with Crippen molar-refractivity contribution in [2.24, 2.45) is 0 Å². The van der Waals surface area contributed by atoms with E-state index in [2.05, 4.69) is 5.32 Å². The van der Waals surface area contributed by atoms with E-state index < -0.39 is 22.6 Å². The Hall–Kier alpha value is -2.58. The van der Waals surface area contributed by atoms with E-state index in [0.29, 0.717) is 6.08 Å². The van der Waals surface area contributed by atoms with Crippen LogP contribution in [0.5, 0.6) is 5.75 Å². The molecule has 0 fully saturated rings. The number of benzene rings is 1. The summed E-state index contributed by atoms with van der Waals surface area (Å²) >= 11 is 0. The fourth-order valence-electron chi connectivity index (χ4n) is 2.00. The molecule has 1 unspecified atom stereocenters. The predicted molar refractivity (Wildman–Crippen MR) is 70.2 cm³/mol. The highest BCUT2D eigenvalue weighted by Crippen LogP contribution is 2.44. The molecule has 22 heavy (non-hydrogen) atoms. The van der Waals surface area contributed by atoms with E-state index >= 15 is 0 Å². The highest BCUT2D eigenvalue weighted by Gasteiger charge is 2.54. The fraction of sp³-hybridized carbons (Fsp3) is 0.308. The zero-order valence-corrected chi connectivity index (χ0v) is 11.5. The third-order valence-electron chi connectivity index (χ3n) is 3.24. The lowest BCUT2D eigenvalue weighted by Gasteiger charge is -2.34. The van der Waals surface area contributed by atoms with E-state index in [4.69, 9.17) is 4.74 Å². The van der Waals surface area contributed by atoms with Gasteiger partial charge in [-0.3, -0.25) is 14.9 Å². The number of hydrogen-bond donors (Lipinski definition) is 1. The molecule has 0 radical (unpaired) electrons. The van der Waals surface area contributed by atoms with E-state index in [1.807, 2.05) is 0 Å². The van der Waals surface area contributed by atoms with Gasteiger partial charge in [-0.1, -0.05) is 0 Å². The van der Waals surface area contributed by atoms with Crippen molar-refractivity contribution in [1.29, 1.82) is 0 Å². The number of nitrogens with zero attached hydrogens (tertiary/aromatic N) is 1. The summed E-state index contributed by atoms with van der Waals surface area (Å²) in [5.74, 6) is -1.04. The third-order valence-corrected chi connectivity index (χ3v) is 3.24. The molecule has 1 aromatic rings. The molecule has 1 amide bonds. The van der Waals surface area contributed by atoms with Crippen LogP contribution < -0.4 is 10.1 Å². The van der Waals surface area contributed by atoms with Gasteiger partial charge >= 0.3 is 6.18 Å². The van der Waals surface area contributed by atoms with Gasteiger partial charge < -0.3 is 10.1 Å². The maximum Gasteiger partial charge on any atom is 0.431 e. The predicted octanol–water partition coefficient (Wildman–Crippen LogP) is 2.44. The maximum atomic E-state index is 13.2. The first kappa shape index (κ1) is 15.8. The van der Waals surface area contributed by atoms with Crippen molar-refractivity contribution in [2.75, 3.05) is 7.05 Å². The number of carbonyl (C=O) groups is 1. The molecule has 1 heterocycles. The maximum absolute atomic E-state index is 13.2. The first-order valence-corrected chi connectivity index (χ1v) is 6.08. The Bertz CT molecular complexity index is 684. The van der Waals surface area contributed by atoms with Crippen molar-refractivity contribution in [2.45, 2.75) is 18.7 Å². The Morgan fingerprint density at radius 2 is 2.05 bits per heavy atom. The SMILES string of the molecule is CNC(=O)C1=CC(C)(C(F)(F)F)Oc2ccc([N+](=O)[O-])cc21. The molecule has 0 aliphatic carbocycles. The summed E-state index contributed by atoms with van der Waals surface area (Å²) in [5, 5.41) is 13.0. The van der Waals surface area contributed by atoms with Crippen LogP contribution in [0.3, 0.4) is 0 Å². The van der Waals surface area contributed by atoms with Gasteiger partial charge in [0, 0.05) is 24.7 Å². The van der Waals surface area contributed by atoms with Crippen molar-refractivity contribution in [1.82, 2.24) is 5.32 Å². The first-order valence-electron chi connectivity index (χ1n) is 6.08. The van der Waals surface area contributed by atoms with Crippen LogP contribution in [-0.2, 0) is 4.79 Å². The Kier molecular flexibility index (Phi) is 3.59. The molecule has 2 rings (SSSR count). The third kappa shape index (κ3) is 2.49. The smallest absolute Gasteiger partial charge is 0.431 e. The van der Waals surface area contributed by atoms with Crippen LogP contribution in [0.25, 0.3) is 5.57 Å². The van der Waals surface area contributed by atoms with Gasteiger partial charge in [0.1, 0.15) is 5.75 Å². The van der Waals surface area contributed by atoms with Gasteiger partial charge in [-0.25, -0.2) is 0 Å². The Morgan fingerprint density at radius 3 is 2.55 bits per heavy atom. The van der Waals surface area contributed by atoms with Crippen LogP contribution in [0.4, 0.5) is 18.9 Å². The van der Waals surface area contributed by atoms with E-state index in [-0.39, 0.29) is 22.6 Å². The Balaban J connectivity index is 2.67. The molecule has 1 aromatic carbocycles. The van der Waals surface area contributed by atoms with E-state index in [1.54, 1.807) is 0 Å². The summed E-state index contributed by atoms with van der Waals surface area (Å²) in [5.41, 5.74) is -3.44. The highest BCUT2D eigenvalue weighted by atomic mass is 19.4. The van der Waals surface area contributed by atoms with Crippen LogP contribution in [0.1, 0.15) is 12.5 Å². The first-order chi connectivity index (χ1) is 10.1. The molecule has 1 N–H and O–H groups in total. The Morgan fingerprint density at radius 1 is 1.41 bits per heavy atom. The van der Waals surface area contributed by atoms with Crippen molar-refractivity contribution in [3.05, 3.63) is 40.0 Å². The number of hydrogen-bond acceptors (Lipinski definition) is 4. The number of carbonyl (C=O) groups excluding carboxylic acids is 1. The number of nitro benzene ring substituents is 1. The normalized spacial score (nSPS) is 20.5. The van der Waals surface area contributed by atoms with Gasteiger partial charge in [0.25, 0.3) is 11.6 Å². The fourth-order valence-corrected chi connectivity index (χ4v) is 2.00. The van der Waals surface area contributed by atoms with E-state index in [9.17, 15) is 28.1 Å². The van der Waals surface area contributed by atoms with E-state index in [0.717, 1.165) is 25.1 Å². The standard InChI is InChI=1S/C13H11F3N2O4/c1-12(13(14,15)16)6-9(11(19)17-2)8-5-7(18(20)21)3-4-10(8)22-12/h3-6H,1-2H3,(H,17,19). The highest BCUT2D eigenvalue weighted by molar-refractivity contribution is 6.20. The molecule has 0 bridgehead atoms. The molecule has 6 nitrogen and oxygen atoms in total. The molecule has 118 valence electrons. The lowest BCUT2D eigenvalue weighted by molar-refractivity contribution is -0.384. The number of non-ortho nitro benzene ring substituents is 1. The largest absolute Gasteiger partial charge is 0.473 e. The molecule has 0 saturated heterocycles. The number of likely N-dealkylation sites (N-methyl/N-ethyl adjacent to an activating group) is 1. The second-order valence-corrected chi connectivity index (χ2v) is 4.78. The van der Waals surface area contributed by atoms with Gasteiger partial charge in [0.2, 0.25) is 5.60 Å². The molecule has 9 heteroatoms. The second-order valence-electron chi connectivity index (χ2n) is 4.78. The number of halogens is 3. The minimum absolute atomic E-state index is 0.0599. The topological polar surface area (TPSA) is 81.5 Å². The molecule has 1 aliphatic heterocycles. The summed E-state index contributed by atoms with van der Waals surface area (Å²) in [6, 6.07) is 3.07. The summed E-state index contributed by atoms with van der Waals surface area (Å²) in [6.07, 6.45) is -4.14. The number of amides is 1. The monoisotopic (exact) mass is 316 g/mol. The van der Waals surface area contributed by atoms with Crippen LogP contribution in [0.15, 0.2) is 24.3 Å². The van der Waals surface area contributed by atoms with Crippen LogP contribution in [-0.4, -0.2) is 29.7 Å².